The Morgan fingerprint density at radius 2 is 1.50 bits per heavy atom. The molecule has 34 heavy (non-hydrogen) atoms. The topological polar surface area (TPSA) is 72.0 Å². The summed E-state index contributed by atoms with van der Waals surface area (Å²) in [7, 11) is 3.10. The van der Waals surface area contributed by atoms with Crippen LogP contribution in [0.15, 0.2) is 47.8 Å². The van der Waals surface area contributed by atoms with Crippen LogP contribution in [0.2, 0.25) is 0 Å². The number of carbonyl (C=O) groups is 2. The molecule has 1 fully saturated rings. The highest BCUT2D eigenvalue weighted by molar-refractivity contribution is 7.13. The standard InChI is InChI=1S/C26H29N3O4S/c1-17(2)18-5-7-19(8-6-18)24-27-21(16-34-24)26(31)29-13-11-28(12-14-29)25(30)20-9-10-22(32-3)23(15-20)33-4/h5-10,15-17H,11-14H2,1-4H3. The molecule has 0 spiro atoms. The Labute approximate surface area is 203 Å². The first-order valence-corrected chi connectivity index (χ1v) is 12.2. The predicted molar refractivity (Wildman–Crippen MR) is 133 cm³/mol. The molecule has 2 amide bonds. The molecule has 1 aromatic heterocycles. The Kier molecular flexibility index (Phi) is 7.17. The molecule has 4 rings (SSSR count). The number of piperazine rings is 1. The largest absolute Gasteiger partial charge is 0.493 e. The van der Waals surface area contributed by atoms with Crippen LogP contribution in [0.4, 0.5) is 0 Å². The van der Waals surface area contributed by atoms with E-state index in [1.165, 1.54) is 16.9 Å². The van der Waals surface area contributed by atoms with Crippen molar-refractivity contribution in [2.24, 2.45) is 0 Å². The zero-order valence-corrected chi connectivity index (χ0v) is 20.7. The van der Waals surface area contributed by atoms with Crippen molar-refractivity contribution in [1.82, 2.24) is 14.8 Å². The van der Waals surface area contributed by atoms with E-state index in [0.29, 0.717) is 54.9 Å². The number of hydrogen-bond acceptors (Lipinski definition) is 6. The van der Waals surface area contributed by atoms with Crippen LogP contribution in [-0.2, 0) is 0 Å². The lowest BCUT2D eigenvalue weighted by molar-refractivity contribution is 0.0532. The lowest BCUT2D eigenvalue weighted by atomic mass is 10.0. The predicted octanol–water partition coefficient (Wildman–Crippen LogP) is 4.55. The Hall–Kier alpha value is -3.39. The highest BCUT2D eigenvalue weighted by Gasteiger charge is 2.27. The van der Waals surface area contributed by atoms with Gasteiger partial charge in [-0.25, -0.2) is 4.98 Å². The molecular weight excluding hydrogens is 450 g/mol. The molecule has 0 unspecified atom stereocenters. The van der Waals surface area contributed by atoms with Crippen LogP contribution in [0.5, 0.6) is 11.5 Å². The fourth-order valence-electron chi connectivity index (χ4n) is 3.94. The van der Waals surface area contributed by atoms with Gasteiger partial charge in [-0.3, -0.25) is 9.59 Å². The van der Waals surface area contributed by atoms with Gasteiger partial charge < -0.3 is 19.3 Å². The van der Waals surface area contributed by atoms with E-state index in [1.807, 2.05) is 5.38 Å². The van der Waals surface area contributed by atoms with Crippen LogP contribution in [0.1, 0.15) is 46.2 Å². The Bertz CT molecular complexity index is 1170. The third kappa shape index (κ3) is 4.92. The summed E-state index contributed by atoms with van der Waals surface area (Å²) in [5.74, 6) is 1.38. The molecule has 178 valence electrons. The number of hydrogen-bond donors (Lipinski definition) is 0. The van der Waals surface area contributed by atoms with Gasteiger partial charge in [-0.1, -0.05) is 38.1 Å². The molecule has 0 radical (unpaired) electrons. The molecule has 1 aliphatic heterocycles. The van der Waals surface area contributed by atoms with Crippen LogP contribution in [-0.4, -0.2) is 67.0 Å². The van der Waals surface area contributed by atoms with Crippen molar-refractivity contribution in [1.29, 1.82) is 0 Å². The van der Waals surface area contributed by atoms with E-state index >= 15 is 0 Å². The van der Waals surface area contributed by atoms with E-state index in [1.54, 1.807) is 42.2 Å². The number of carbonyl (C=O) groups excluding carboxylic acids is 2. The second kappa shape index (κ2) is 10.3. The van der Waals surface area contributed by atoms with Crippen LogP contribution in [0.25, 0.3) is 10.6 Å². The normalized spacial score (nSPS) is 13.8. The van der Waals surface area contributed by atoms with Crippen LogP contribution in [0.3, 0.4) is 0 Å². The Morgan fingerprint density at radius 3 is 2.09 bits per heavy atom. The zero-order valence-electron chi connectivity index (χ0n) is 19.9. The molecule has 7 nitrogen and oxygen atoms in total. The third-order valence-electron chi connectivity index (χ3n) is 6.03. The number of thiazole rings is 1. The first kappa shape index (κ1) is 23.8. The van der Waals surface area contributed by atoms with Gasteiger partial charge in [0, 0.05) is 42.7 Å². The van der Waals surface area contributed by atoms with Crippen molar-refractivity contribution in [3.63, 3.8) is 0 Å². The zero-order chi connectivity index (χ0) is 24.2. The average Bonchev–Trinajstić information content (AvgIpc) is 3.38. The number of methoxy groups -OCH3 is 2. The fraction of sp³-hybridized carbons (Fsp3) is 0.346. The van der Waals surface area contributed by atoms with Crippen LogP contribution < -0.4 is 9.47 Å². The summed E-state index contributed by atoms with van der Waals surface area (Å²) in [6.45, 7) is 6.19. The van der Waals surface area contributed by atoms with E-state index < -0.39 is 0 Å². The average molecular weight is 480 g/mol. The minimum atomic E-state index is -0.0977. The Balaban J connectivity index is 1.38. The summed E-state index contributed by atoms with van der Waals surface area (Å²) in [4.78, 5) is 34.1. The highest BCUT2D eigenvalue weighted by Crippen LogP contribution is 2.29. The second-order valence-electron chi connectivity index (χ2n) is 8.47. The van der Waals surface area contributed by atoms with Gasteiger partial charge >= 0.3 is 0 Å². The van der Waals surface area contributed by atoms with Gasteiger partial charge in [-0.2, -0.15) is 0 Å². The van der Waals surface area contributed by atoms with E-state index in [9.17, 15) is 9.59 Å². The molecule has 2 heterocycles. The molecule has 0 bridgehead atoms. The van der Waals surface area contributed by atoms with Crippen molar-refractivity contribution in [3.05, 3.63) is 64.7 Å². The van der Waals surface area contributed by atoms with Gasteiger partial charge in [-0.05, 0) is 29.7 Å². The van der Waals surface area contributed by atoms with E-state index in [-0.39, 0.29) is 11.8 Å². The summed E-state index contributed by atoms with van der Waals surface area (Å²) in [5.41, 5.74) is 3.27. The monoisotopic (exact) mass is 479 g/mol. The van der Waals surface area contributed by atoms with E-state index in [4.69, 9.17) is 9.47 Å². The molecule has 0 N–H and O–H groups in total. The molecular formula is C26H29N3O4S. The van der Waals surface area contributed by atoms with Gasteiger partial charge in [0.1, 0.15) is 10.7 Å². The van der Waals surface area contributed by atoms with E-state index in [0.717, 1.165) is 10.6 Å². The summed E-state index contributed by atoms with van der Waals surface area (Å²) in [6.07, 6.45) is 0. The maximum atomic E-state index is 13.0. The number of benzene rings is 2. The SMILES string of the molecule is COc1ccc(C(=O)N2CCN(C(=O)c3csc(-c4ccc(C(C)C)cc4)n3)CC2)cc1OC. The molecule has 1 saturated heterocycles. The third-order valence-corrected chi connectivity index (χ3v) is 6.92. The molecule has 3 aromatic rings. The number of rotatable bonds is 6. The minimum absolute atomic E-state index is 0.0890. The van der Waals surface area contributed by atoms with Crippen molar-refractivity contribution in [2.45, 2.75) is 19.8 Å². The second-order valence-corrected chi connectivity index (χ2v) is 9.33. The van der Waals surface area contributed by atoms with Gasteiger partial charge in [0.2, 0.25) is 0 Å². The fourth-order valence-corrected chi connectivity index (χ4v) is 4.74. The van der Waals surface area contributed by atoms with Gasteiger partial charge in [-0.15, -0.1) is 11.3 Å². The summed E-state index contributed by atoms with van der Waals surface area (Å²) >= 11 is 1.47. The Morgan fingerprint density at radius 1 is 0.882 bits per heavy atom. The number of ether oxygens (including phenoxy) is 2. The van der Waals surface area contributed by atoms with Crippen molar-refractivity contribution >= 4 is 23.2 Å². The lowest BCUT2D eigenvalue weighted by Crippen LogP contribution is -2.50. The molecule has 1 aliphatic rings. The van der Waals surface area contributed by atoms with E-state index in [2.05, 4.69) is 43.1 Å². The minimum Gasteiger partial charge on any atom is -0.493 e. The smallest absolute Gasteiger partial charge is 0.273 e. The first-order valence-electron chi connectivity index (χ1n) is 11.3. The van der Waals surface area contributed by atoms with Gasteiger partial charge in [0.15, 0.2) is 11.5 Å². The summed E-state index contributed by atoms with van der Waals surface area (Å²) < 4.78 is 10.6. The molecule has 8 heteroatoms. The molecule has 0 aliphatic carbocycles. The number of amides is 2. The number of nitrogens with zero attached hydrogens (tertiary/aromatic N) is 3. The maximum absolute atomic E-state index is 13.0. The number of aromatic nitrogens is 1. The molecule has 0 saturated carbocycles. The molecule has 0 atom stereocenters. The summed E-state index contributed by atoms with van der Waals surface area (Å²) in [6, 6.07) is 13.5. The van der Waals surface area contributed by atoms with Crippen molar-refractivity contribution < 1.29 is 19.1 Å². The quantitative estimate of drug-likeness (QED) is 0.519. The van der Waals surface area contributed by atoms with Gasteiger partial charge in [0.05, 0.1) is 14.2 Å². The van der Waals surface area contributed by atoms with Gasteiger partial charge in [0.25, 0.3) is 11.8 Å². The summed E-state index contributed by atoms with van der Waals surface area (Å²) in [5, 5.41) is 2.65. The van der Waals surface area contributed by atoms with Crippen LogP contribution in [0, 0.1) is 0 Å². The highest BCUT2D eigenvalue weighted by atomic mass is 32.1. The maximum Gasteiger partial charge on any atom is 0.273 e. The first-order chi connectivity index (χ1) is 16.4. The van der Waals surface area contributed by atoms with Crippen molar-refractivity contribution in [2.75, 3.05) is 40.4 Å². The molecule has 2 aromatic carbocycles. The lowest BCUT2D eigenvalue weighted by Gasteiger charge is -2.34. The van der Waals surface area contributed by atoms with Crippen LogP contribution >= 0.6 is 11.3 Å². The van der Waals surface area contributed by atoms with Crippen molar-refractivity contribution in [3.8, 4) is 22.1 Å².